The molecule has 1 fully saturated rings. The number of aromatic nitrogens is 1. The minimum Gasteiger partial charge on any atom is -0.359 e. The Hall–Kier alpha value is -2.38. The predicted octanol–water partition coefficient (Wildman–Crippen LogP) is 3.58. The lowest BCUT2D eigenvalue weighted by atomic mass is 9.99. The lowest BCUT2D eigenvalue weighted by Gasteiger charge is -2.34. The molecule has 176 valence electrons. The minimum absolute atomic E-state index is 0.467. The van der Waals surface area contributed by atoms with Gasteiger partial charge in [0.15, 0.2) is 11.7 Å². The highest BCUT2D eigenvalue weighted by Crippen LogP contribution is 2.22. The van der Waals surface area contributed by atoms with Crippen LogP contribution in [0.3, 0.4) is 0 Å². The molecule has 0 atom stereocenters. The van der Waals surface area contributed by atoms with Gasteiger partial charge in [-0.2, -0.15) is 0 Å². The van der Waals surface area contributed by atoms with Crippen LogP contribution in [0, 0.1) is 0 Å². The van der Waals surface area contributed by atoms with Crippen molar-refractivity contribution in [2.24, 2.45) is 4.99 Å². The number of guanidine groups is 1. The first-order chi connectivity index (χ1) is 15.6. The number of likely N-dealkylation sites (N-methyl/N-ethyl adjacent to an activating group) is 1. The fourth-order valence-corrected chi connectivity index (χ4v) is 4.17. The molecule has 0 spiro atoms. The number of hydrogen-bond acceptors (Lipinski definition) is 5. The van der Waals surface area contributed by atoms with Gasteiger partial charge < -0.3 is 20.1 Å². The molecule has 3 rings (SSSR count). The van der Waals surface area contributed by atoms with E-state index in [2.05, 4.69) is 81.7 Å². The molecular formula is C25H40N6O. The van der Waals surface area contributed by atoms with Crippen LogP contribution in [-0.4, -0.2) is 60.7 Å². The van der Waals surface area contributed by atoms with Gasteiger partial charge in [-0.25, -0.2) is 0 Å². The van der Waals surface area contributed by atoms with Crippen LogP contribution in [0.2, 0.25) is 0 Å². The van der Waals surface area contributed by atoms with E-state index in [9.17, 15) is 0 Å². The average Bonchev–Trinajstić information content (AvgIpc) is 3.30. The van der Waals surface area contributed by atoms with Gasteiger partial charge in [-0.05, 0) is 30.5 Å². The van der Waals surface area contributed by atoms with E-state index >= 15 is 0 Å². The highest BCUT2D eigenvalue weighted by atomic mass is 16.5. The smallest absolute Gasteiger partial charge is 0.191 e. The zero-order valence-electron chi connectivity index (χ0n) is 20.2. The van der Waals surface area contributed by atoms with Gasteiger partial charge in [0, 0.05) is 58.3 Å². The third kappa shape index (κ3) is 7.07. The fraction of sp³-hybridized carbons (Fsp3) is 0.600. The molecule has 7 heteroatoms. The Morgan fingerprint density at radius 2 is 1.59 bits per heavy atom. The van der Waals surface area contributed by atoms with Crippen molar-refractivity contribution < 1.29 is 4.52 Å². The summed E-state index contributed by atoms with van der Waals surface area (Å²) in [5.41, 5.74) is 3.66. The second-order valence-corrected chi connectivity index (χ2v) is 8.54. The zero-order chi connectivity index (χ0) is 22.8. The van der Waals surface area contributed by atoms with E-state index < -0.39 is 0 Å². The number of piperazine rings is 1. The highest BCUT2D eigenvalue weighted by molar-refractivity contribution is 5.79. The second-order valence-electron chi connectivity index (χ2n) is 8.54. The molecule has 1 saturated heterocycles. The quantitative estimate of drug-likeness (QED) is 0.435. The molecule has 1 aromatic carbocycles. The second kappa shape index (κ2) is 12.6. The van der Waals surface area contributed by atoms with Crippen molar-refractivity contribution in [2.45, 2.75) is 59.2 Å². The van der Waals surface area contributed by atoms with Gasteiger partial charge in [0.2, 0.25) is 0 Å². The highest BCUT2D eigenvalue weighted by Gasteiger charge is 2.15. The van der Waals surface area contributed by atoms with Crippen LogP contribution in [0.15, 0.2) is 39.8 Å². The third-order valence-electron chi connectivity index (χ3n) is 6.44. The van der Waals surface area contributed by atoms with Crippen LogP contribution in [0.4, 0.5) is 0 Å². The van der Waals surface area contributed by atoms with Gasteiger partial charge >= 0.3 is 0 Å². The Labute approximate surface area is 193 Å². The van der Waals surface area contributed by atoms with Gasteiger partial charge in [-0.15, -0.1) is 0 Å². The van der Waals surface area contributed by atoms with Crippen molar-refractivity contribution in [3.8, 4) is 0 Å². The number of nitrogens with one attached hydrogen (secondary N) is 2. The molecule has 32 heavy (non-hydrogen) atoms. The van der Waals surface area contributed by atoms with E-state index in [4.69, 9.17) is 4.52 Å². The first-order valence-electron chi connectivity index (χ1n) is 12.1. The molecule has 1 aliphatic rings. The van der Waals surface area contributed by atoms with Crippen molar-refractivity contribution in [1.29, 1.82) is 0 Å². The van der Waals surface area contributed by atoms with Crippen LogP contribution in [-0.2, 0) is 19.6 Å². The summed E-state index contributed by atoms with van der Waals surface area (Å²) in [6, 6.07) is 11.0. The summed E-state index contributed by atoms with van der Waals surface area (Å²) in [4.78, 5) is 9.38. The lowest BCUT2D eigenvalue weighted by Crippen LogP contribution is -2.45. The van der Waals surface area contributed by atoms with Crippen LogP contribution in [0.25, 0.3) is 0 Å². The molecule has 2 heterocycles. The molecule has 0 amide bonds. The number of benzene rings is 1. The number of nitrogens with zero attached hydrogens (tertiary/aromatic N) is 4. The number of hydrogen-bond donors (Lipinski definition) is 2. The summed E-state index contributed by atoms with van der Waals surface area (Å²) in [7, 11) is 1.78. The maximum Gasteiger partial charge on any atom is 0.191 e. The molecule has 2 aromatic rings. The van der Waals surface area contributed by atoms with E-state index in [1.54, 1.807) is 7.05 Å². The fourth-order valence-electron chi connectivity index (χ4n) is 4.17. The van der Waals surface area contributed by atoms with E-state index in [1.807, 2.05) is 0 Å². The Bertz CT molecular complexity index is 819. The zero-order valence-corrected chi connectivity index (χ0v) is 20.2. The summed E-state index contributed by atoms with van der Waals surface area (Å²) in [5, 5.41) is 10.9. The van der Waals surface area contributed by atoms with Crippen LogP contribution in [0.5, 0.6) is 0 Å². The summed E-state index contributed by atoms with van der Waals surface area (Å²) in [5.74, 6) is 2.05. The first-order valence-corrected chi connectivity index (χ1v) is 12.1. The largest absolute Gasteiger partial charge is 0.359 e. The van der Waals surface area contributed by atoms with Gasteiger partial charge in [0.25, 0.3) is 0 Å². The van der Waals surface area contributed by atoms with E-state index in [0.717, 1.165) is 63.0 Å². The van der Waals surface area contributed by atoms with Crippen LogP contribution >= 0.6 is 0 Å². The van der Waals surface area contributed by atoms with Crippen molar-refractivity contribution in [3.05, 3.63) is 52.9 Å². The Kier molecular flexibility index (Phi) is 9.56. The molecule has 1 aromatic heterocycles. The van der Waals surface area contributed by atoms with E-state index in [1.165, 1.54) is 24.2 Å². The minimum atomic E-state index is 0.467. The Morgan fingerprint density at radius 1 is 0.969 bits per heavy atom. The molecule has 2 N–H and O–H groups in total. The molecular weight excluding hydrogens is 400 g/mol. The molecule has 0 aliphatic carbocycles. The molecule has 0 bridgehead atoms. The molecule has 0 radical (unpaired) electrons. The molecule has 0 saturated carbocycles. The third-order valence-corrected chi connectivity index (χ3v) is 6.44. The van der Waals surface area contributed by atoms with Crippen LogP contribution < -0.4 is 10.6 Å². The summed E-state index contributed by atoms with van der Waals surface area (Å²) in [6.45, 7) is 14.8. The standard InChI is InChI=1S/C25H40N6O/c1-5-22(6-2)24-16-23(32-29-24)18-28-25(26-4)27-17-20-8-10-21(11-9-20)19-31-14-12-30(7-3)13-15-31/h8-11,16,22H,5-7,12-15,17-19H2,1-4H3,(H2,26,27,28). The van der Waals surface area contributed by atoms with Crippen molar-refractivity contribution in [1.82, 2.24) is 25.6 Å². The maximum atomic E-state index is 5.49. The predicted molar refractivity (Wildman–Crippen MR) is 131 cm³/mol. The number of aliphatic imine (C=N–C) groups is 1. The summed E-state index contributed by atoms with van der Waals surface area (Å²) >= 11 is 0. The normalized spacial score (nSPS) is 16.0. The van der Waals surface area contributed by atoms with E-state index in [-0.39, 0.29) is 0 Å². The van der Waals surface area contributed by atoms with Crippen LogP contribution in [0.1, 0.15) is 62.1 Å². The average molecular weight is 441 g/mol. The number of rotatable bonds is 10. The molecule has 0 unspecified atom stereocenters. The summed E-state index contributed by atoms with van der Waals surface area (Å²) in [6.07, 6.45) is 2.15. The topological polar surface area (TPSA) is 68.9 Å². The lowest BCUT2D eigenvalue weighted by molar-refractivity contribution is 0.132. The van der Waals surface area contributed by atoms with E-state index in [0.29, 0.717) is 12.5 Å². The Morgan fingerprint density at radius 3 is 2.22 bits per heavy atom. The first kappa shape index (κ1) is 24.3. The molecule has 7 nitrogen and oxygen atoms in total. The SMILES string of the molecule is CCC(CC)c1cc(CNC(=NC)NCc2ccc(CN3CCN(CC)CC3)cc2)on1. The van der Waals surface area contributed by atoms with Gasteiger partial charge in [0.05, 0.1) is 12.2 Å². The Balaban J connectivity index is 1.42. The van der Waals surface area contributed by atoms with Crippen molar-refractivity contribution >= 4 is 5.96 Å². The van der Waals surface area contributed by atoms with Gasteiger partial charge in [0.1, 0.15) is 0 Å². The van der Waals surface area contributed by atoms with Crippen molar-refractivity contribution in [2.75, 3.05) is 39.8 Å². The van der Waals surface area contributed by atoms with Gasteiger partial charge in [-0.3, -0.25) is 9.89 Å². The van der Waals surface area contributed by atoms with Gasteiger partial charge in [-0.1, -0.05) is 50.2 Å². The molecule has 1 aliphatic heterocycles. The maximum absolute atomic E-state index is 5.49. The van der Waals surface area contributed by atoms with Crippen molar-refractivity contribution in [3.63, 3.8) is 0 Å². The summed E-state index contributed by atoms with van der Waals surface area (Å²) < 4.78 is 5.49. The monoisotopic (exact) mass is 440 g/mol.